The minimum absolute atomic E-state index is 0.0225. The molecule has 0 aliphatic carbocycles. The van der Waals surface area contributed by atoms with Crippen LogP contribution in [0.25, 0.3) is 6.08 Å². The van der Waals surface area contributed by atoms with Crippen LogP contribution in [0.2, 0.25) is 5.02 Å². The first kappa shape index (κ1) is 21.1. The number of benzene rings is 2. The van der Waals surface area contributed by atoms with Crippen molar-refractivity contribution in [3.8, 4) is 11.5 Å². The molecule has 1 amide bonds. The summed E-state index contributed by atoms with van der Waals surface area (Å²) >= 11 is 7.29. The SMILES string of the molecule is CC1=NN2C(=N)/C(=C/c3ccc(OCCOc4ccc(Cl)c(C)c4)cc3)C(=O)N=C2S1. The second-order valence-electron chi connectivity index (χ2n) is 6.82. The fourth-order valence-corrected chi connectivity index (χ4v) is 3.79. The first-order chi connectivity index (χ1) is 14.9. The molecule has 0 saturated carbocycles. The lowest BCUT2D eigenvalue weighted by atomic mass is 10.1. The molecule has 0 spiro atoms. The number of ether oxygens (including phenoxy) is 2. The van der Waals surface area contributed by atoms with Crippen LogP contribution in [-0.4, -0.2) is 40.2 Å². The van der Waals surface area contributed by atoms with Crippen LogP contribution in [0.3, 0.4) is 0 Å². The second-order valence-corrected chi connectivity index (χ2v) is 8.38. The zero-order valence-electron chi connectivity index (χ0n) is 16.9. The van der Waals surface area contributed by atoms with Crippen LogP contribution >= 0.6 is 23.4 Å². The van der Waals surface area contributed by atoms with Crippen molar-refractivity contribution in [3.63, 3.8) is 0 Å². The van der Waals surface area contributed by atoms with Gasteiger partial charge in [0.1, 0.15) is 24.7 Å². The smallest absolute Gasteiger partial charge is 0.283 e. The molecule has 0 radical (unpaired) electrons. The highest BCUT2D eigenvalue weighted by Crippen LogP contribution is 2.28. The largest absolute Gasteiger partial charge is 0.490 e. The van der Waals surface area contributed by atoms with Gasteiger partial charge in [-0.1, -0.05) is 23.7 Å². The fourth-order valence-electron chi connectivity index (χ4n) is 2.94. The van der Waals surface area contributed by atoms with Crippen LogP contribution in [0, 0.1) is 12.3 Å². The lowest BCUT2D eigenvalue weighted by molar-refractivity contribution is -0.114. The van der Waals surface area contributed by atoms with Crippen molar-refractivity contribution < 1.29 is 14.3 Å². The van der Waals surface area contributed by atoms with E-state index in [0.717, 1.165) is 21.9 Å². The summed E-state index contributed by atoms with van der Waals surface area (Å²) in [5, 5.41) is 15.8. The Bertz CT molecular complexity index is 1140. The number of carbonyl (C=O) groups excluding carboxylic acids is 1. The van der Waals surface area contributed by atoms with Crippen molar-refractivity contribution in [2.24, 2.45) is 10.1 Å². The first-order valence-electron chi connectivity index (χ1n) is 9.49. The van der Waals surface area contributed by atoms with E-state index in [2.05, 4.69) is 10.1 Å². The number of aliphatic imine (C=N–C) groups is 1. The molecule has 0 atom stereocenters. The molecular weight excluding hydrogens is 436 g/mol. The molecule has 7 nitrogen and oxygen atoms in total. The summed E-state index contributed by atoms with van der Waals surface area (Å²) in [5.41, 5.74) is 1.92. The van der Waals surface area contributed by atoms with Crippen LogP contribution < -0.4 is 9.47 Å². The topological polar surface area (TPSA) is 87.3 Å². The number of carbonyl (C=O) groups is 1. The average molecular weight is 455 g/mol. The highest BCUT2D eigenvalue weighted by atomic mass is 35.5. The number of amides is 1. The van der Waals surface area contributed by atoms with Gasteiger partial charge in [-0.15, -0.1) is 0 Å². The third kappa shape index (κ3) is 4.81. The predicted octanol–water partition coefficient (Wildman–Crippen LogP) is 4.75. The van der Waals surface area contributed by atoms with Crippen LogP contribution in [0.1, 0.15) is 18.1 Å². The van der Waals surface area contributed by atoms with Gasteiger partial charge in [-0.2, -0.15) is 15.1 Å². The summed E-state index contributed by atoms with van der Waals surface area (Å²) < 4.78 is 11.4. The van der Waals surface area contributed by atoms with Gasteiger partial charge in [0.05, 0.1) is 10.6 Å². The minimum atomic E-state index is -0.441. The molecule has 31 heavy (non-hydrogen) atoms. The van der Waals surface area contributed by atoms with Crippen LogP contribution in [0.5, 0.6) is 11.5 Å². The number of thioether (sulfide) groups is 1. The van der Waals surface area contributed by atoms with E-state index in [4.69, 9.17) is 26.5 Å². The molecule has 2 aliphatic heterocycles. The van der Waals surface area contributed by atoms with E-state index in [9.17, 15) is 4.79 Å². The van der Waals surface area contributed by atoms with Crippen molar-refractivity contribution in [1.29, 1.82) is 5.41 Å². The zero-order valence-corrected chi connectivity index (χ0v) is 18.5. The Kier molecular flexibility index (Phi) is 6.11. The third-order valence-electron chi connectivity index (χ3n) is 4.50. The Labute approximate surface area is 188 Å². The maximum atomic E-state index is 12.3. The molecule has 4 rings (SSSR count). The molecule has 2 heterocycles. The second kappa shape index (κ2) is 8.95. The number of nitrogens with one attached hydrogen (secondary N) is 1. The van der Waals surface area contributed by atoms with E-state index in [0.29, 0.717) is 29.2 Å². The maximum Gasteiger partial charge on any atom is 0.283 e. The summed E-state index contributed by atoms with van der Waals surface area (Å²) in [4.78, 5) is 16.3. The number of hydrogen-bond acceptors (Lipinski definition) is 6. The van der Waals surface area contributed by atoms with Gasteiger partial charge < -0.3 is 9.47 Å². The molecule has 0 fully saturated rings. The molecular formula is C22H19ClN4O3S. The highest BCUT2D eigenvalue weighted by molar-refractivity contribution is 8.26. The lowest BCUT2D eigenvalue weighted by Gasteiger charge is -2.20. The molecule has 158 valence electrons. The molecule has 0 aromatic heterocycles. The van der Waals surface area contributed by atoms with E-state index in [1.54, 1.807) is 24.3 Å². The number of amidine groups is 2. The Hall–Kier alpha value is -3.10. The summed E-state index contributed by atoms with van der Waals surface area (Å²) in [5.74, 6) is 1.01. The number of rotatable bonds is 6. The van der Waals surface area contributed by atoms with Crippen LogP contribution in [0.15, 0.2) is 58.1 Å². The standard InChI is InChI=1S/C22H19ClN4O3S/c1-13-11-17(7-8-19(13)23)30-10-9-29-16-5-3-15(4-6-16)12-18-20(24)27-22(25-21(18)28)31-14(2)26-27/h3-8,11-12,24H,9-10H2,1-2H3/b18-12-,24-20?. The predicted molar refractivity (Wildman–Crippen MR) is 124 cm³/mol. The molecule has 0 unspecified atom stereocenters. The van der Waals surface area contributed by atoms with Crippen LogP contribution in [0.4, 0.5) is 0 Å². The average Bonchev–Trinajstić information content (AvgIpc) is 3.12. The van der Waals surface area contributed by atoms with E-state index < -0.39 is 5.91 Å². The van der Waals surface area contributed by atoms with Crippen molar-refractivity contribution >= 4 is 51.4 Å². The van der Waals surface area contributed by atoms with Gasteiger partial charge in [0.2, 0.25) is 5.17 Å². The van der Waals surface area contributed by atoms with Gasteiger partial charge in [0.25, 0.3) is 5.91 Å². The number of hydrazone groups is 1. The molecule has 2 aromatic carbocycles. The minimum Gasteiger partial charge on any atom is -0.490 e. The summed E-state index contributed by atoms with van der Waals surface area (Å²) in [7, 11) is 0. The van der Waals surface area contributed by atoms with Crippen molar-refractivity contribution in [2.75, 3.05) is 13.2 Å². The summed E-state index contributed by atoms with van der Waals surface area (Å²) in [6, 6.07) is 12.8. The molecule has 0 saturated heterocycles. The number of hydrogen-bond donors (Lipinski definition) is 1. The Morgan fingerprint density at radius 1 is 1.10 bits per heavy atom. The van der Waals surface area contributed by atoms with Gasteiger partial charge in [-0.3, -0.25) is 10.2 Å². The fraction of sp³-hybridized carbons (Fsp3) is 0.182. The molecule has 2 aliphatic rings. The summed E-state index contributed by atoms with van der Waals surface area (Å²) in [6.07, 6.45) is 1.63. The van der Waals surface area contributed by atoms with Gasteiger partial charge in [0.15, 0.2) is 5.84 Å². The number of aryl methyl sites for hydroxylation is 1. The summed E-state index contributed by atoms with van der Waals surface area (Å²) in [6.45, 7) is 4.51. The normalized spacial score (nSPS) is 16.9. The van der Waals surface area contributed by atoms with Gasteiger partial charge in [-0.25, -0.2) is 0 Å². The monoisotopic (exact) mass is 454 g/mol. The van der Waals surface area contributed by atoms with Crippen molar-refractivity contribution in [1.82, 2.24) is 5.01 Å². The van der Waals surface area contributed by atoms with E-state index in [1.165, 1.54) is 16.8 Å². The van der Waals surface area contributed by atoms with E-state index in [-0.39, 0.29) is 11.4 Å². The van der Waals surface area contributed by atoms with Crippen molar-refractivity contribution in [2.45, 2.75) is 13.8 Å². The van der Waals surface area contributed by atoms with Gasteiger partial charge in [-0.05, 0) is 73.1 Å². The molecule has 0 bridgehead atoms. The Morgan fingerprint density at radius 2 is 1.77 bits per heavy atom. The van der Waals surface area contributed by atoms with Gasteiger partial charge in [0, 0.05) is 5.02 Å². The molecule has 1 N–H and O–H groups in total. The number of fused-ring (bicyclic) bond motifs is 1. The van der Waals surface area contributed by atoms with E-state index >= 15 is 0 Å². The quantitative estimate of drug-likeness (QED) is 0.503. The van der Waals surface area contributed by atoms with Gasteiger partial charge >= 0.3 is 0 Å². The third-order valence-corrected chi connectivity index (χ3v) is 5.74. The Balaban J connectivity index is 1.34. The highest BCUT2D eigenvalue weighted by Gasteiger charge is 2.34. The maximum absolute atomic E-state index is 12.3. The zero-order chi connectivity index (χ0) is 22.0. The Morgan fingerprint density at radius 3 is 2.48 bits per heavy atom. The van der Waals surface area contributed by atoms with Crippen molar-refractivity contribution in [3.05, 3.63) is 64.2 Å². The van der Waals surface area contributed by atoms with E-state index in [1.807, 2.05) is 38.1 Å². The lowest BCUT2D eigenvalue weighted by Crippen LogP contribution is -2.35. The number of halogens is 1. The number of nitrogens with zero attached hydrogens (tertiary/aromatic N) is 3. The molecule has 2 aromatic rings. The van der Waals surface area contributed by atoms with Crippen LogP contribution in [-0.2, 0) is 4.79 Å². The molecule has 9 heteroatoms. The first-order valence-corrected chi connectivity index (χ1v) is 10.7.